The minimum absolute atomic E-state index is 0.220. The van der Waals surface area contributed by atoms with E-state index in [4.69, 9.17) is 5.11 Å². The first kappa shape index (κ1) is 14.7. The highest BCUT2D eigenvalue weighted by Gasteiger charge is 2.06. The molecule has 2 N–H and O–H groups in total. The topological polar surface area (TPSA) is 66.4 Å². The molecule has 1 amide bonds. The van der Waals surface area contributed by atoms with Gasteiger partial charge in [-0.15, -0.1) is 0 Å². The van der Waals surface area contributed by atoms with Crippen LogP contribution in [0.2, 0.25) is 0 Å². The molecule has 4 nitrogen and oxygen atoms in total. The SMILES string of the molecule is O=C(O)c1cccc(CCNC(=O)c2ccc(F)cc2)c1. The van der Waals surface area contributed by atoms with E-state index < -0.39 is 11.8 Å². The first-order valence-electron chi connectivity index (χ1n) is 6.42. The molecule has 0 unspecified atom stereocenters. The summed E-state index contributed by atoms with van der Waals surface area (Å²) in [5.74, 6) is -1.66. The Kier molecular flexibility index (Phi) is 4.66. The third-order valence-electron chi connectivity index (χ3n) is 2.98. The van der Waals surface area contributed by atoms with Crippen molar-refractivity contribution in [3.8, 4) is 0 Å². The molecule has 0 aliphatic heterocycles. The molecule has 2 rings (SSSR count). The summed E-state index contributed by atoms with van der Waals surface area (Å²) < 4.78 is 12.7. The fourth-order valence-electron chi connectivity index (χ4n) is 1.88. The Morgan fingerprint density at radius 3 is 2.43 bits per heavy atom. The van der Waals surface area contributed by atoms with Crippen molar-refractivity contribution in [1.29, 1.82) is 0 Å². The van der Waals surface area contributed by atoms with E-state index in [1.807, 2.05) is 0 Å². The number of nitrogens with one attached hydrogen (secondary N) is 1. The van der Waals surface area contributed by atoms with Crippen LogP contribution in [-0.4, -0.2) is 23.5 Å². The van der Waals surface area contributed by atoms with Crippen LogP contribution in [0.4, 0.5) is 4.39 Å². The average molecular weight is 287 g/mol. The Labute approximate surface area is 121 Å². The lowest BCUT2D eigenvalue weighted by molar-refractivity contribution is 0.0696. The van der Waals surface area contributed by atoms with E-state index in [1.54, 1.807) is 18.2 Å². The quantitative estimate of drug-likeness (QED) is 0.888. The molecule has 0 aliphatic carbocycles. The van der Waals surface area contributed by atoms with E-state index in [1.165, 1.54) is 30.3 Å². The minimum Gasteiger partial charge on any atom is -0.478 e. The molecular formula is C16H14FNO3. The number of amides is 1. The number of carboxylic acids is 1. The summed E-state index contributed by atoms with van der Waals surface area (Å²) in [6.07, 6.45) is 0.522. The van der Waals surface area contributed by atoms with Crippen LogP contribution in [-0.2, 0) is 6.42 Å². The van der Waals surface area contributed by atoms with E-state index in [2.05, 4.69) is 5.32 Å². The second-order valence-corrected chi connectivity index (χ2v) is 4.52. The van der Waals surface area contributed by atoms with Crippen LogP contribution in [0.15, 0.2) is 48.5 Å². The molecule has 0 radical (unpaired) electrons. The van der Waals surface area contributed by atoms with Gasteiger partial charge >= 0.3 is 5.97 Å². The average Bonchev–Trinajstić information content (AvgIpc) is 2.48. The monoisotopic (exact) mass is 287 g/mol. The molecule has 0 saturated heterocycles. The molecule has 5 heteroatoms. The summed E-state index contributed by atoms with van der Waals surface area (Å²) in [5.41, 5.74) is 1.43. The van der Waals surface area contributed by atoms with E-state index >= 15 is 0 Å². The highest BCUT2D eigenvalue weighted by molar-refractivity contribution is 5.94. The van der Waals surface area contributed by atoms with Crippen LogP contribution in [0.25, 0.3) is 0 Å². The fourth-order valence-corrected chi connectivity index (χ4v) is 1.88. The number of carbonyl (C=O) groups excluding carboxylic acids is 1. The van der Waals surface area contributed by atoms with Crippen molar-refractivity contribution in [3.05, 3.63) is 71.0 Å². The van der Waals surface area contributed by atoms with Crippen molar-refractivity contribution in [2.75, 3.05) is 6.54 Å². The van der Waals surface area contributed by atoms with Crippen molar-refractivity contribution in [3.63, 3.8) is 0 Å². The Morgan fingerprint density at radius 1 is 1.05 bits per heavy atom. The lowest BCUT2D eigenvalue weighted by Gasteiger charge is -2.06. The van der Waals surface area contributed by atoms with Crippen molar-refractivity contribution < 1.29 is 19.1 Å². The van der Waals surface area contributed by atoms with Crippen LogP contribution >= 0.6 is 0 Å². The van der Waals surface area contributed by atoms with Gasteiger partial charge in [0.25, 0.3) is 5.91 Å². The molecule has 0 bridgehead atoms. The zero-order valence-electron chi connectivity index (χ0n) is 11.2. The molecule has 0 spiro atoms. The summed E-state index contributed by atoms with van der Waals surface area (Å²) in [5, 5.41) is 11.6. The Balaban J connectivity index is 1.89. The maximum absolute atomic E-state index is 12.7. The third kappa shape index (κ3) is 4.14. The number of hydrogen-bond donors (Lipinski definition) is 2. The van der Waals surface area contributed by atoms with Crippen LogP contribution < -0.4 is 5.32 Å². The number of halogens is 1. The van der Waals surface area contributed by atoms with Gasteiger partial charge in [0.05, 0.1) is 5.56 Å². The standard InChI is InChI=1S/C16H14FNO3/c17-14-6-4-12(5-7-14)15(19)18-9-8-11-2-1-3-13(10-11)16(20)21/h1-7,10H,8-9H2,(H,18,19)(H,20,21). The van der Waals surface area contributed by atoms with Gasteiger partial charge in [0, 0.05) is 12.1 Å². The second-order valence-electron chi connectivity index (χ2n) is 4.52. The predicted molar refractivity (Wildman–Crippen MR) is 75.8 cm³/mol. The van der Waals surface area contributed by atoms with Gasteiger partial charge in [0.15, 0.2) is 0 Å². The summed E-state index contributed by atoms with van der Waals surface area (Å²) in [4.78, 5) is 22.6. The van der Waals surface area contributed by atoms with Crippen molar-refractivity contribution in [1.82, 2.24) is 5.32 Å². The summed E-state index contributed by atoms with van der Waals surface area (Å²) in [6.45, 7) is 0.374. The van der Waals surface area contributed by atoms with Gasteiger partial charge < -0.3 is 10.4 Å². The van der Waals surface area contributed by atoms with Crippen molar-refractivity contribution in [2.24, 2.45) is 0 Å². The Bertz CT molecular complexity index is 653. The Morgan fingerprint density at radius 2 is 1.76 bits per heavy atom. The van der Waals surface area contributed by atoms with Crippen LogP contribution in [0.1, 0.15) is 26.3 Å². The second kappa shape index (κ2) is 6.65. The molecule has 0 fully saturated rings. The number of aromatic carboxylic acids is 1. The van der Waals surface area contributed by atoms with E-state index in [0.29, 0.717) is 18.5 Å². The molecule has 0 heterocycles. The molecule has 2 aromatic rings. The zero-order valence-corrected chi connectivity index (χ0v) is 11.2. The third-order valence-corrected chi connectivity index (χ3v) is 2.98. The Hall–Kier alpha value is -2.69. The van der Waals surface area contributed by atoms with Gasteiger partial charge in [-0.3, -0.25) is 4.79 Å². The number of rotatable bonds is 5. The number of hydrogen-bond acceptors (Lipinski definition) is 2. The number of carboxylic acid groups (broad SMARTS) is 1. The summed E-state index contributed by atoms with van der Waals surface area (Å²) in [6, 6.07) is 11.8. The summed E-state index contributed by atoms with van der Waals surface area (Å²) in [7, 11) is 0. The van der Waals surface area contributed by atoms with Gasteiger partial charge in [-0.05, 0) is 48.4 Å². The van der Waals surface area contributed by atoms with Gasteiger partial charge in [0.1, 0.15) is 5.82 Å². The molecule has 21 heavy (non-hydrogen) atoms. The molecule has 2 aromatic carbocycles. The molecular weight excluding hydrogens is 273 g/mol. The summed E-state index contributed by atoms with van der Waals surface area (Å²) >= 11 is 0. The molecule has 0 aromatic heterocycles. The first-order valence-corrected chi connectivity index (χ1v) is 6.42. The fraction of sp³-hybridized carbons (Fsp3) is 0.125. The van der Waals surface area contributed by atoms with Crippen molar-refractivity contribution >= 4 is 11.9 Å². The van der Waals surface area contributed by atoms with E-state index in [0.717, 1.165) is 5.56 Å². The van der Waals surface area contributed by atoms with E-state index in [-0.39, 0.29) is 11.5 Å². The van der Waals surface area contributed by atoms with Gasteiger partial charge in [0.2, 0.25) is 0 Å². The normalized spacial score (nSPS) is 10.1. The number of carbonyl (C=O) groups is 2. The molecule has 0 aliphatic rings. The number of benzene rings is 2. The lowest BCUT2D eigenvalue weighted by Crippen LogP contribution is -2.25. The highest BCUT2D eigenvalue weighted by Crippen LogP contribution is 2.06. The van der Waals surface area contributed by atoms with Crippen LogP contribution in [0.5, 0.6) is 0 Å². The van der Waals surface area contributed by atoms with Crippen LogP contribution in [0, 0.1) is 5.82 Å². The van der Waals surface area contributed by atoms with Gasteiger partial charge in [-0.2, -0.15) is 0 Å². The molecule has 0 atom stereocenters. The predicted octanol–water partition coefficient (Wildman–Crippen LogP) is 2.50. The zero-order chi connectivity index (χ0) is 15.2. The van der Waals surface area contributed by atoms with Crippen molar-refractivity contribution in [2.45, 2.75) is 6.42 Å². The van der Waals surface area contributed by atoms with Gasteiger partial charge in [-0.1, -0.05) is 12.1 Å². The maximum Gasteiger partial charge on any atom is 0.335 e. The molecule has 108 valence electrons. The lowest BCUT2D eigenvalue weighted by atomic mass is 10.1. The minimum atomic E-state index is -0.979. The maximum atomic E-state index is 12.7. The highest BCUT2D eigenvalue weighted by atomic mass is 19.1. The smallest absolute Gasteiger partial charge is 0.335 e. The molecule has 0 saturated carbocycles. The van der Waals surface area contributed by atoms with Gasteiger partial charge in [-0.25, -0.2) is 9.18 Å². The van der Waals surface area contributed by atoms with Crippen LogP contribution in [0.3, 0.4) is 0 Å². The largest absolute Gasteiger partial charge is 0.478 e. The first-order chi connectivity index (χ1) is 10.1. The van der Waals surface area contributed by atoms with E-state index in [9.17, 15) is 14.0 Å².